The molecule has 3 rings (SSSR count). The predicted octanol–water partition coefficient (Wildman–Crippen LogP) is 2.62. The zero-order chi connectivity index (χ0) is 26.0. The van der Waals surface area contributed by atoms with Crippen LogP contribution in [0.2, 0.25) is 10.0 Å². The fourth-order valence-electron chi connectivity index (χ4n) is 3.97. The van der Waals surface area contributed by atoms with E-state index in [1.165, 1.54) is 20.0 Å². The van der Waals surface area contributed by atoms with E-state index in [-0.39, 0.29) is 24.5 Å². The zero-order valence-electron chi connectivity index (χ0n) is 19.4. The lowest BCUT2D eigenvalue weighted by Crippen LogP contribution is -2.59. The topological polar surface area (TPSA) is 128 Å². The van der Waals surface area contributed by atoms with E-state index in [1.807, 2.05) is 11.0 Å². The Morgan fingerprint density at radius 2 is 1.63 bits per heavy atom. The van der Waals surface area contributed by atoms with Gasteiger partial charge in [0.05, 0.1) is 29.6 Å². The van der Waals surface area contributed by atoms with Crippen LogP contribution >= 0.6 is 23.2 Å². The van der Waals surface area contributed by atoms with Crippen molar-refractivity contribution in [1.82, 2.24) is 14.7 Å². The number of ether oxygens (including phenoxy) is 1. The number of carbonyl (C=O) groups excluding carboxylic acids is 2. The first kappa shape index (κ1) is 28.4. The second kappa shape index (κ2) is 13.9. The smallest absolute Gasteiger partial charge is 0.409 e. The molecular formula is C23H29Cl2N3O7. The van der Waals surface area contributed by atoms with Crippen molar-refractivity contribution in [1.29, 1.82) is 0 Å². The molecule has 0 radical (unpaired) electrons. The number of hydrogen-bond acceptors (Lipinski definition) is 6. The largest absolute Gasteiger partial charge is 0.478 e. The third kappa shape index (κ3) is 9.39. The lowest BCUT2D eigenvalue weighted by molar-refractivity contribution is -0.135. The van der Waals surface area contributed by atoms with Gasteiger partial charge in [-0.15, -0.1) is 0 Å². The molecule has 2 heterocycles. The van der Waals surface area contributed by atoms with Crippen LogP contribution in [-0.4, -0.2) is 101 Å². The molecule has 0 unspecified atom stereocenters. The molecule has 1 atom stereocenters. The van der Waals surface area contributed by atoms with Gasteiger partial charge in [0.1, 0.15) is 0 Å². The number of carbonyl (C=O) groups is 4. The number of carboxylic acid groups (broad SMARTS) is 2. The molecule has 2 fully saturated rings. The summed E-state index contributed by atoms with van der Waals surface area (Å²) in [5.41, 5.74) is 0.838. The molecule has 0 bridgehead atoms. The van der Waals surface area contributed by atoms with Crippen LogP contribution in [0.4, 0.5) is 4.79 Å². The third-order valence-electron chi connectivity index (χ3n) is 5.61. The molecule has 0 aliphatic carbocycles. The number of amides is 2. The molecule has 0 spiro atoms. The highest BCUT2D eigenvalue weighted by molar-refractivity contribution is 6.42. The number of halogens is 2. The Bertz CT molecular complexity index is 935. The number of likely N-dealkylation sites (tertiary alicyclic amines) is 1. The van der Waals surface area contributed by atoms with Gasteiger partial charge in [0.25, 0.3) is 0 Å². The summed E-state index contributed by atoms with van der Waals surface area (Å²) in [5, 5.41) is 16.6. The highest BCUT2D eigenvalue weighted by Crippen LogP contribution is 2.24. The summed E-state index contributed by atoms with van der Waals surface area (Å²) >= 11 is 12.0. The first-order chi connectivity index (χ1) is 16.6. The predicted molar refractivity (Wildman–Crippen MR) is 130 cm³/mol. The Labute approximate surface area is 213 Å². The van der Waals surface area contributed by atoms with Crippen LogP contribution in [0.5, 0.6) is 0 Å². The second-order valence-corrected chi connectivity index (χ2v) is 8.91. The van der Waals surface area contributed by atoms with Gasteiger partial charge in [-0.3, -0.25) is 4.79 Å². The summed E-state index contributed by atoms with van der Waals surface area (Å²) in [4.78, 5) is 50.0. The summed E-state index contributed by atoms with van der Waals surface area (Å²) in [6.07, 6.45) is 3.42. The van der Waals surface area contributed by atoms with E-state index < -0.39 is 11.9 Å². The average molecular weight is 530 g/mol. The van der Waals surface area contributed by atoms with E-state index in [9.17, 15) is 19.2 Å². The summed E-state index contributed by atoms with van der Waals surface area (Å²) < 4.78 is 4.87. The minimum atomic E-state index is -1.26. The maximum atomic E-state index is 13.0. The quantitative estimate of drug-likeness (QED) is 0.538. The van der Waals surface area contributed by atoms with Gasteiger partial charge < -0.3 is 29.6 Å². The number of carboxylic acids is 2. The van der Waals surface area contributed by atoms with Crippen molar-refractivity contribution in [2.45, 2.75) is 25.3 Å². The van der Waals surface area contributed by atoms with Crippen LogP contribution in [0.15, 0.2) is 30.4 Å². The minimum Gasteiger partial charge on any atom is -0.478 e. The van der Waals surface area contributed by atoms with Crippen LogP contribution in [0, 0.1) is 0 Å². The number of methoxy groups -OCH3 is 1. The van der Waals surface area contributed by atoms with Gasteiger partial charge in [-0.25, -0.2) is 14.4 Å². The van der Waals surface area contributed by atoms with Gasteiger partial charge in [0.2, 0.25) is 5.91 Å². The lowest BCUT2D eigenvalue weighted by atomic mass is 10.1. The molecule has 35 heavy (non-hydrogen) atoms. The Hall–Kier alpha value is -2.82. The van der Waals surface area contributed by atoms with Crippen LogP contribution in [0.25, 0.3) is 0 Å². The molecule has 1 aromatic carbocycles. The number of piperazine rings is 1. The Morgan fingerprint density at radius 1 is 1.00 bits per heavy atom. The molecule has 0 saturated carbocycles. The van der Waals surface area contributed by atoms with Gasteiger partial charge in [-0.2, -0.15) is 0 Å². The number of benzene rings is 1. The van der Waals surface area contributed by atoms with Gasteiger partial charge in [0, 0.05) is 38.3 Å². The van der Waals surface area contributed by atoms with E-state index in [0.717, 1.165) is 25.2 Å². The molecular weight excluding hydrogens is 501 g/mol. The Kier molecular flexibility index (Phi) is 11.3. The fraction of sp³-hybridized carbons (Fsp3) is 0.478. The normalized spacial score (nSPS) is 18.2. The van der Waals surface area contributed by atoms with E-state index in [2.05, 4.69) is 4.90 Å². The highest BCUT2D eigenvalue weighted by atomic mass is 35.5. The molecule has 1 aromatic rings. The number of aliphatic carboxylic acids is 2. The first-order valence-electron chi connectivity index (χ1n) is 11.0. The van der Waals surface area contributed by atoms with Crippen molar-refractivity contribution in [2.24, 2.45) is 0 Å². The van der Waals surface area contributed by atoms with Gasteiger partial charge >= 0.3 is 18.0 Å². The molecule has 0 aromatic heterocycles. The van der Waals surface area contributed by atoms with E-state index >= 15 is 0 Å². The van der Waals surface area contributed by atoms with E-state index in [1.54, 1.807) is 17.0 Å². The standard InChI is InChI=1S/C19H25Cl2N3O3.C4H4O4/c1-27-19(26)23-8-9-24(15(13-23)12-22-6-2-3-7-22)18(25)11-14-4-5-16(20)17(21)10-14;5-3(6)1-2-4(7)8/h4-5,10,15H,2-3,6-9,11-13H2,1H3;1-2H,(H,5,6)(H,7,8)/b;2-1+/t15-;/m1./s1. The Balaban J connectivity index is 0.000000466. The van der Waals surface area contributed by atoms with Gasteiger partial charge in [0.15, 0.2) is 0 Å². The number of hydrogen-bond donors (Lipinski definition) is 2. The summed E-state index contributed by atoms with van der Waals surface area (Å²) in [5.74, 6) is -2.47. The Morgan fingerprint density at radius 3 is 2.17 bits per heavy atom. The monoisotopic (exact) mass is 529 g/mol. The molecule has 12 heteroatoms. The maximum absolute atomic E-state index is 13.0. The van der Waals surface area contributed by atoms with Crippen LogP contribution in [0.3, 0.4) is 0 Å². The van der Waals surface area contributed by atoms with Crippen molar-refractivity contribution in [3.05, 3.63) is 46.0 Å². The van der Waals surface area contributed by atoms with E-state index in [0.29, 0.717) is 41.8 Å². The SMILES string of the molecule is COC(=O)N1CCN(C(=O)Cc2ccc(Cl)c(Cl)c2)[C@H](CN2CCCC2)C1.O=C(O)/C=C/C(=O)O. The van der Waals surface area contributed by atoms with Crippen molar-refractivity contribution >= 4 is 47.1 Å². The fourth-order valence-corrected chi connectivity index (χ4v) is 4.29. The zero-order valence-corrected chi connectivity index (χ0v) is 20.9. The van der Waals surface area contributed by atoms with Crippen LogP contribution < -0.4 is 0 Å². The number of rotatable bonds is 6. The molecule has 2 saturated heterocycles. The maximum Gasteiger partial charge on any atom is 0.409 e. The summed E-state index contributed by atoms with van der Waals surface area (Å²) in [6, 6.07) is 5.24. The molecule has 192 valence electrons. The first-order valence-corrected chi connectivity index (χ1v) is 11.8. The minimum absolute atomic E-state index is 0.0359. The van der Waals surface area contributed by atoms with Crippen molar-refractivity contribution in [3.8, 4) is 0 Å². The lowest BCUT2D eigenvalue weighted by Gasteiger charge is -2.42. The molecule has 2 aliphatic heterocycles. The molecule has 2 amide bonds. The third-order valence-corrected chi connectivity index (χ3v) is 6.35. The van der Waals surface area contributed by atoms with Crippen LogP contribution in [0.1, 0.15) is 18.4 Å². The molecule has 2 N–H and O–H groups in total. The van der Waals surface area contributed by atoms with Crippen molar-refractivity contribution in [3.63, 3.8) is 0 Å². The average Bonchev–Trinajstić information content (AvgIpc) is 3.33. The molecule has 2 aliphatic rings. The molecule has 10 nitrogen and oxygen atoms in total. The highest BCUT2D eigenvalue weighted by Gasteiger charge is 2.34. The summed E-state index contributed by atoms with van der Waals surface area (Å²) in [7, 11) is 1.39. The van der Waals surface area contributed by atoms with Crippen molar-refractivity contribution < 1.29 is 34.1 Å². The summed E-state index contributed by atoms with van der Waals surface area (Å²) in [6.45, 7) is 4.36. The van der Waals surface area contributed by atoms with Crippen LogP contribution in [-0.2, 0) is 25.5 Å². The van der Waals surface area contributed by atoms with Crippen molar-refractivity contribution in [2.75, 3.05) is 46.4 Å². The van der Waals surface area contributed by atoms with Gasteiger partial charge in [-0.1, -0.05) is 29.3 Å². The van der Waals surface area contributed by atoms with Gasteiger partial charge in [-0.05, 0) is 43.6 Å². The number of nitrogens with zero attached hydrogens (tertiary/aromatic N) is 3. The second-order valence-electron chi connectivity index (χ2n) is 8.10. The van der Waals surface area contributed by atoms with E-state index in [4.69, 9.17) is 38.2 Å².